The number of piperidine rings is 1. The van der Waals surface area contributed by atoms with Gasteiger partial charge in [-0.2, -0.15) is 0 Å². The molecule has 2 rings (SSSR count). The molecule has 3 heteroatoms. The Balaban J connectivity index is 0.00000162. The van der Waals surface area contributed by atoms with E-state index in [1.807, 2.05) is 0 Å². The molecule has 1 aliphatic heterocycles. The van der Waals surface area contributed by atoms with E-state index < -0.39 is 0 Å². The second-order valence-electron chi connectivity index (χ2n) is 6.22. The summed E-state index contributed by atoms with van der Waals surface area (Å²) in [6.45, 7) is 6.16. The Labute approximate surface area is 119 Å². The van der Waals surface area contributed by atoms with Crippen molar-refractivity contribution in [3.63, 3.8) is 0 Å². The van der Waals surface area contributed by atoms with E-state index in [1.165, 1.54) is 64.6 Å². The van der Waals surface area contributed by atoms with E-state index >= 15 is 0 Å². The molecule has 2 fully saturated rings. The van der Waals surface area contributed by atoms with E-state index in [-0.39, 0.29) is 12.4 Å². The Kier molecular flexibility index (Phi) is 7.59. The van der Waals surface area contributed by atoms with Crippen LogP contribution in [-0.4, -0.2) is 37.6 Å². The van der Waals surface area contributed by atoms with E-state index in [0.717, 1.165) is 17.9 Å². The second-order valence-corrected chi connectivity index (χ2v) is 6.22. The maximum atomic E-state index is 3.46. The SMILES string of the molecule is CCC1CCC(N(C)CC2CCNCC2)CC1.Cl. The fraction of sp³-hybridized carbons (Fsp3) is 1.00. The largest absolute Gasteiger partial charge is 0.317 e. The number of hydrogen-bond acceptors (Lipinski definition) is 2. The fourth-order valence-electron chi connectivity index (χ4n) is 3.61. The van der Waals surface area contributed by atoms with Crippen molar-refractivity contribution >= 4 is 12.4 Å². The molecule has 1 saturated heterocycles. The van der Waals surface area contributed by atoms with E-state index in [9.17, 15) is 0 Å². The molecule has 0 aromatic rings. The summed E-state index contributed by atoms with van der Waals surface area (Å²) in [6.07, 6.45) is 9.99. The summed E-state index contributed by atoms with van der Waals surface area (Å²) in [5.41, 5.74) is 0. The van der Waals surface area contributed by atoms with Crippen LogP contribution in [0, 0.1) is 11.8 Å². The van der Waals surface area contributed by atoms with Gasteiger partial charge < -0.3 is 10.2 Å². The molecule has 0 bridgehead atoms. The zero-order chi connectivity index (χ0) is 12.1. The van der Waals surface area contributed by atoms with Crippen molar-refractivity contribution in [3.8, 4) is 0 Å². The molecule has 0 radical (unpaired) electrons. The predicted molar refractivity (Wildman–Crippen MR) is 81.5 cm³/mol. The number of nitrogens with one attached hydrogen (secondary N) is 1. The van der Waals surface area contributed by atoms with Crippen LogP contribution in [-0.2, 0) is 0 Å². The number of nitrogens with zero attached hydrogens (tertiary/aromatic N) is 1. The molecule has 2 aliphatic rings. The van der Waals surface area contributed by atoms with Gasteiger partial charge in [0.1, 0.15) is 0 Å². The minimum Gasteiger partial charge on any atom is -0.317 e. The molecular weight excluding hydrogens is 244 g/mol. The first-order valence-corrected chi connectivity index (χ1v) is 7.70. The molecule has 0 aromatic heterocycles. The molecule has 18 heavy (non-hydrogen) atoms. The zero-order valence-corrected chi connectivity index (χ0v) is 13.0. The van der Waals surface area contributed by atoms with Crippen LogP contribution in [0.4, 0.5) is 0 Å². The highest BCUT2D eigenvalue weighted by Crippen LogP contribution is 2.29. The van der Waals surface area contributed by atoms with Crippen LogP contribution < -0.4 is 5.32 Å². The summed E-state index contributed by atoms with van der Waals surface area (Å²) in [6, 6.07) is 0.882. The van der Waals surface area contributed by atoms with Gasteiger partial charge in [0.25, 0.3) is 0 Å². The van der Waals surface area contributed by atoms with Crippen LogP contribution in [0.15, 0.2) is 0 Å². The number of halogens is 1. The van der Waals surface area contributed by atoms with Crippen LogP contribution >= 0.6 is 12.4 Å². The molecule has 0 aromatic carbocycles. The first kappa shape index (κ1) is 16.3. The zero-order valence-electron chi connectivity index (χ0n) is 12.2. The number of rotatable bonds is 4. The fourth-order valence-corrected chi connectivity index (χ4v) is 3.61. The van der Waals surface area contributed by atoms with Crippen LogP contribution in [0.3, 0.4) is 0 Å². The van der Waals surface area contributed by atoms with Crippen LogP contribution in [0.2, 0.25) is 0 Å². The molecule has 1 aliphatic carbocycles. The molecule has 1 N–H and O–H groups in total. The van der Waals surface area contributed by atoms with Gasteiger partial charge in [-0.3, -0.25) is 0 Å². The van der Waals surface area contributed by atoms with Gasteiger partial charge >= 0.3 is 0 Å². The van der Waals surface area contributed by atoms with Crippen molar-refractivity contribution < 1.29 is 0 Å². The Hall–Kier alpha value is 0.210. The van der Waals surface area contributed by atoms with Crippen molar-refractivity contribution in [1.82, 2.24) is 10.2 Å². The molecule has 1 heterocycles. The van der Waals surface area contributed by atoms with Crippen LogP contribution in [0.25, 0.3) is 0 Å². The van der Waals surface area contributed by atoms with Gasteiger partial charge in [-0.1, -0.05) is 13.3 Å². The van der Waals surface area contributed by atoms with Crippen LogP contribution in [0.5, 0.6) is 0 Å². The molecule has 0 spiro atoms. The van der Waals surface area contributed by atoms with Crippen molar-refractivity contribution in [2.24, 2.45) is 11.8 Å². The van der Waals surface area contributed by atoms with Crippen LogP contribution in [0.1, 0.15) is 51.9 Å². The summed E-state index contributed by atoms with van der Waals surface area (Å²) in [5, 5.41) is 3.46. The molecule has 0 atom stereocenters. The molecule has 0 unspecified atom stereocenters. The lowest BCUT2D eigenvalue weighted by Gasteiger charge is -2.37. The van der Waals surface area contributed by atoms with E-state index in [1.54, 1.807) is 0 Å². The quantitative estimate of drug-likeness (QED) is 0.846. The molecule has 108 valence electrons. The normalized spacial score (nSPS) is 30.2. The lowest BCUT2D eigenvalue weighted by atomic mass is 9.83. The molecular formula is C15H31ClN2. The van der Waals surface area contributed by atoms with E-state index in [0.29, 0.717) is 0 Å². The standard InChI is InChI=1S/C15H30N2.ClH/c1-3-13-4-6-15(7-5-13)17(2)12-14-8-10-16-11-9-14;/h13-16H,3-12H2,1-2H3;1H. The van der Waals surface area contributed by atoms with Crippen molar-refractivity contribution in [1.29, 1.82) is 0 Å². The number of hydrogen-bond donors (Lipinski definition) is 1. The topological polar surface area (TPSA) is 15.3 Å². The summed E-state index contributed by atoms with van der Waals surface area (Å²) >= 11 is 0. The van der Waals surface area contributed by atoms with Gasteiger partial charge in [-0.05, 0) is 70.5 Å². The minimum absolute atomic E-state index is 0. The first-order chi connectivity index (χ1) is 8.29. The average Bonchev–Trinajstić information content (AvgIpc) is 2.40. The van der Waals surface area contributed by atoms with Crippen molar-refractivity contribution in [2.75, 3.05) is 26.7 Å². The molecule has 2 nitrogen and oxygen atoms in total. The Morgan fingerprint density at radius 1 is 0.944 bits per heavy atom. The highest BCUT2D eigenvalue weighted by Gasteiger charge is 2.25. The summed E-state index contributed by atoms with van der Waals surface area (Å²) in [5.74, 6) is 1.98. The van der Waals surface area contributed by atoms with Crippen molar-refractivity contribution in [2.45, 2.75) is 57.9 Å². The van der Waals surface area contributed by atoms with E-state index in [4.69, 9.17) is 0 Å². The minimum atomic E-state index is 0. The Bertz CT molecular complexity index is 209. The third kappa shape index (κ3) is 4.71. The van der Waals surface area contributed by atoms with Gasteiger partial charge in [0.15, 0.2) is 0 Å². The van der Waals surface area contributed by atoms with Crippen molar-refractivity contribution in [3.05, 3.63) is 0 Å². The molecule has 1 saturated carbocycles. The lowest BCUT2D eigenvalue weighted by Crippen LogP contribution is -2.40. The maximum Gasteiger partial charge on any atom is 0.00925 e. The van der Waals surface area contributed by atoms with Gasteiger partial charge in [0, 0.05) is 12.6 Å². The van der Waals surface area contributed by atoms with Gasteiger partial charge in [0.2, 0.25) is 0 Å². The highest BCUT2D eigenvalue weighted by molar-refractivity contribution is 5.85. The highest BCUT2D eigenvalue weighted by atomic mass is 35.5. The first-order valence-electron chi connectivity index (χ1n) is 7.70. The average molecular weight is 275 g/mol. The summed E-state index contributed by atoms with van der Waals surface area (Å²) in [7, 11) is 2.36. The Morgan fingerprint density at radius 3 is 2.11 bits per heavy atom. The van der Waals surface area contributed by atoms with E-state index in [2.05, 4.69) is 24.2 Å². The lowest BCUT2D eigenvalue weighted by molar-refractivity contribution is 0.135. The molecule has 0 amide bonds. The maximum absolute atomic E-state index is 3.46. The van der Waals surface area contributed by atoms with Gasteiger partial charge in [0.05, 0.1) is 0 Å². The second kappa shape index (κ2) is 8.39. The monoisotopic (exact) mass is 274 g/mol. The predicted octanol–water partition coefficient (Wildman–Crippen LogP) is 3.31. The Morgan fingerprint density at radius 2 is 1.56 bits per heavy atom. The third-order valence-electron chi connectivity index (χ3n) is 5.02. The van der Waals surface area contributed by atoms with Gasteiger partial charge in [-0.15, -0.1) is 12.4 Å². The third-order valence-corrected chi connectivity index (χ3v) is 5.02. The smallest absolute Gasteiger partial charge is 0.00925 e. The summed E-state index contributed by atoms with van der Waals surface area (Å²) < 4.78 is 0. The summed E-state index contributed by atoms with van der Waals surface area (Å²) in [4.78, 5) is 2.67. The van der Waals surface area contributed by atoms with Gasteiger partial charge in [-0.25, -0.2) is 0 Å².